The Hall–Kier alpha value is -1.06. The van der Waals surface area contributed by atoms with Crippen molar-refractivity contribution in [3.63, 3.8) is 0 Å². The van der Waals surface area contributed by atoms with Gasteiger partial charge in [0.05, 0.1) is 18.2 Å². The Balaban J connectivity index is 1.92. The molecule has 2 N–H and O–H groups in total. The zero-order chi connectivity index (χ0) is 14.9. The number of aryl methyl sites for hydroxylation is 1. The van der Waals surface area contributed by atoms with Crippen LogP contribution in [0.2, 0.25) is 0 Å². The molecule has 0 spiro atoms. The van der Waals surface area contributed by atoms with Crippen molar-refractivity contribution in [3.05, 3.63) is 29.3 Å². The van der Waals surface area contributed by atoms with Crippen molar-refractivity contribution in [2.75, 3.05) is 13.7 Å². The van der Waals surface area contributed by atoms with Crippen molar-refractivity contribution < 1.29 is 9.47 Å². The van der Waals surface area contributed by atoms with E-state index in [4.69, 9.17) is 15.2 Å². The van der Waals surface area contributed by atoms with Gasteiger partial charge in [0.1, 0.15) is 5.75 Å². The number of hydrogen-bond acceptors (Lipinski definition) is 3. The quantitative estimate of drug-likeness (QED) is 0.924. The molecule has 0 amide bonds. The van der Waals surface area contributed by atoms with Crippen LogP contribution in [0.15, 0.2) is 18.2 Å². The van der Waals surface area contributed by atoms with Crippen LogP contribution in [0.5, 0.6) is 5.75 Å². The average Bonchev–Trinajstić information content (AvgIpc) is 2.55. The largest absolute Gasteiger partial charge is 0.493 e. The van der Waals surface area contributed by atoms with Gasteiger partial charge < -0.3 is 15.2 Å². The smallest absolute Gasteiger partial charge is 0.127 e. The fraction of sp³-hybridized carbons (Fsp3) is 0.667. The minimum absolute atomic E-state index is 0.108. The van der Waals surface area contributed by atoms with Crippen LogP contribution in [0.4, 0.5) is 0 Å². The van der Waals surface area contributed by atoms with E-state index in [9.17, 15) is 0 Å². The summed E-state index contributed by atoms with van der Waals surface area (Å²) in [5.74, 6) is 1.80. The highest BCUT2D eigenvalue weighted by Crippen LogP contribution is 2.44. The van der Waals surface area contributed by atoms with Crippen molar-refractivity contribution in [1.29, 1.82) is 0 Å². The molecule has 116 valence electrons. The molecule has 3 nitrogen and oxygen atoms in total. The van der Waals surface area contributed by atoms with Gasteiger partial charge in [0.25, 0.3) is 0 Å². The second kappa shape index (κ2) is 5.98. The number of hydrogen-bond donors (Lipinski definition) is 1. The molecule has 2 aliphatic rings. The molecule has 1 atom stereocenters. The van der Waals surface area contributed by atoms with E-state index in [-0.39, 0.29) is 11.6 Å². The lowest BCUT2D eigenvalue weighted by atomic mass is 9.73. The second-order valence-electron chi connectivity index (χ2n) is 6.72. The van der Waals surface area contributed by atoms with Crippen LogP contribution >= 0.6 is 0 Å². The molecule has 3 rings (SSSR count). The summed E-state index contributed by atoms with van der Waals surface area (Å²) in [5, 5.41) is 0. The third-order valence-corrected chi connectivity index (χ3v) is 5.39. The summed E-state index contributed by atoms with van der Waals surface area (Å²) in [5.41, 5.74) is 8.87. The van der Waals surface area contributed by atoms with E-state index in [1.54, 1.807) is 0 Å². The van der Waals surface area contributed by atoms with Gasteiger partial charge in [-0.2, -0.15) is 0 Å². The zero-order valence-electron chi connectivity index (χ0n) is 13.2. The first-order valence-electron chi connectivity index (χ1n) is 8.21. The Labute approximate surface area is 127 Å². The summed E-state index contributed by atoms with van der Waals surface area (Å²) in [6.45, 7) is 3.12. The predicted molar refractivity (Wildman–Crippen MR) is 84.6 cm³/mol. The monoisotopic (exact) mass is 289 g/mol. The maximum absolute atomic E-state index is 6.68. The number of ether oxygens (including phenoxy) is 2. The SMILES string of the molecule is COC1(C(N)c2cccc3c2OCCC3)CCC(C)CC1. The molecule has 1 aromatic rings. The van der Waals surface area contributed by atoms with Gasteiger partial charge in [-0.3, -0.25) is 0 Å². The first-order valence-corrected chi connectivity index (χ1v) is 8.21. The highest BCUT2D eigenvalue weighted by Gasteiger charge is 2.41. The lowest BCUT2D eigenvalue weighted by Gasteiger charge is -2.43. The van der Waals surface area contributed by atoms with Gasteiger partial charge in [-0.25, -0.2) is 0 Å². The first kappa shape index (κ1) is 14.9. The van der Waals surface area contributed by atoms with Crippen molar-refractivity contribution in [1.82, 2.24) is 0 Å². The topological polar surface area (TPSA) is 44.5 Å². The van der Waals surface area contributed by atoms with Gasteiger partial charge in [-0.1, -0.05) is 25.1 Å². The molecule has 0 saturated heterocycles. The molecule has 3 heteroatoms. The molecule has 1 fully saturated rings. The minimum atomic E-state index is -0.234. The van der Waals surface area contributed by atoms with Gasteiger partial charge in [-0.15, -0.1) is 0 Å². The average molecular weight is 289 g/mol. The number of para-hydroxylation sites is 1. The summed E-state index contributed by atoms with van der Waals surface area (Å²) >= 11 is 0. The summed E-state index contributed by atoms with van der Waals surface area (Å²) in [6, 6.07) is 6.28. The molecule has 1 saturated carbocycles. The summed E-state index contributed by atoms with van der Waals surface area (Å²) in [6.07, 6.45) is 6.64. The van der Waals surface area contributed by atoms with Crippen LogP contribution in [-0.2, 0) is 11.2 Å². The molecule has 1 aliphatic carbocycles. The zero-order valence-corrected chi connectivity index (χ0v) is 13.2. The molecule has 1 unspecified atom stereocenters. The maximum Gasteiger partial charge on any atom is 0.127 e. The van der Waals surface area contributed by atoms with E-state index in [1.807, 2.05) is 7.11 Å². The Morgan fingerprint density at radius 1 is 1.33 bits per heavy atom. The fourth-order valence-corrected chi connectivity index (χ4v) is 3.84. The third-order valence-electron chi connectivity index (χ3n) is 5.39. The van der Waals surface area contributed by atoms with Crippen molar-refractivity contribution >= 4 is 0 Å². The van der Waals surface area contributed by atoms with Gasteiger partial charge in [-0.05, 0) is 50.0 Å². The van der Waals surface area contributed by atoms with Crippen LogP contribution in [0.25, 0.3) is 0 Å². The lowest BCUT2D eigenvalue weighted by molar-refractivity contribution is -0.0677. The molecule has 1 heterocycles. The predicted octanol–water partition coefficient (Wildman–Crippen LogP) is 3.61. The molecule has 1 aliphatic heterocycles. The lowest BCUT2D eigenvalue weighted by Crippen LogP contribution is -2.46. The molecular weight excluding hydrogens is 262 g/mol. The number of fused-ring (bicyclic) bond motifs is 1. The van der Waals surface area contributed by atoms with E-state index < -0.39 is 0 Å². The van der Waals surface area contributed by atoms with Crippen molar-refractivity contribution in [2.45, 2.75) is 57.1 Å². The standard InChI is InChI=1S/C18H27NO2/c1-13-8-10-18(20-2,11-9-13)17(19)15-7-3-5-14-6-4-12-21-16(14)15/h3,5,7,13,17H,4,6,8-12,19H2,1-2H3. The number of methoxy groups -OCH3 is 1. The molecule has 0 aromatic heterocycles. The molecule has 1 aromatic carbocycles. The highest BCUT2D eigenvalue weighted by molar-refractivity contribution is 5.45. The van der Waals surface area contributed by atoms with E-state index in [0.717, 1.165) is 49.5 Å². The van der Waals surface area contributed by atoms with Crippen LogP contribution < -0.4 is 10.5 Å². The normalized spacial score (nSPS) is 30.3. The first-order chi connectivity index (χ1) is 10.2. The van der Waals surface area contributed by atoms with Crippen LogP contribution in [-0.4, -0.2) is 19.3 Å². The van der Waals surface area contributed by atoms with E-state index in [1.165, 1.54) is 18.4 Å². The Kier molecular flexibility index (Phi) is 4.23. The van der Waals surface area contributed by atoms with Gasteiger partial charge in [0.15, 0.2) is 0 Å². The minimum Gasteiger partial charge on any atom is -0.493 e. The summed E-state index contributed by atoms with van der Waals surface area (Å²) < 4.78 is 11.9. The summed E-state index contributed by atoms with van der Waals surface area (Å²) in [4.78, 5) is 0. The van der Waals surface area contributed by atoms with E-state index in [0.29, 0.717) is 0 Å². The van der Waals surface area contributed by atoms with Crippen LogP contribution in [0.3, 0.4) is 0 Å². The fourth-order valence-electron chi connectivity index (χ4n) is 3.84. The highest BCUT2D eigenvalue weighted by atomic mass is 16.5. The molecular formula is C18H27NO2. The van der Waals surface area contributed by atoms with Crippen molar-refractivity contribution in [3.8, 4) is 5.75 Å². The number of nitrogens with two attached hydrogens (primary N) is 1. The molecule has 0 radical (unpaired) electrons. The van der Waals surface area contributed by atoms with Crippen molar-refractivity contribution in [2.24, 2.45) is 11.7 Å². The van der Waals surface area contributed by atoms with Gasteiger partial charge in [0.2, 0.25) is 0 Å². The maximum atomic E-state index is 6.68. The third kappa shape index (κ3) is 2.69. The Morgan fingerprint density at radius 2 is 2.10 bits per heavy atom. The molecule has 21 heavy (non-hydrogen) atoms. The number of rotatable bonds is 3. The van der Waals surface area contributed by atoms with E-state index in [2.05, 4.69) is 25.1 Å². The van der Waals surface area contributed by atoms with Gasteiger partial charge in [0, 0.05) is 12.7 Å². The Bertz CT molecular complexity index is 492. The van der Waals surface area contributed by atoms with Crippen LogP contribution in [0.1, 0.15) is 56.2 Å². The van der Waals surface area contributed by atoms with E-state index >= 15 is 0 Å². The summed E-state index contributed by atoms with van der Waals surface area (Å²) in [7, 11) is 1.81. The molecule has 0 bridgehead atoms. The van der Waals surface area contributed by atoms with Crippen LogP contribution in [0, 0.1) is 5.92 Å². The number of benzene rings is 1. The second-order valence-corrected chi connectivity index (χ2v) is 6.72. The van der Waals surface area contributed by atoms with Gasteiger partial charge >= 0.3 is 0 Å². The Morgan fingerprint density at radius 3 is 2.81 bits per heavy atom.